The molecule has 0 aliphatic carbocycles. The number of thiophene rings is 1. The van der Waals surface area contributed by atoms with Gasteiger partial charge in [0.1, 0.15) is 6.26 Å². The van der Waals surface area contributed by atoms with Gasteiger partial charge in [-0.3, -0.25) is 9.69 Å². The van der Waals surface area contributed by atoms with Crippen molar-refractivity contribution in [2.24, 2.45) is 11.3 Å². The highest BCUT2D eigenvalue weighted by Gasteiger charge is 2.48. The van der Waals surface area contributed by atoms with Crippen LogP contribution in [0.25, 0.3) is 0 Å². The zero-order valence-electron chi connectivity index (χ0n) is 15.1. The summed E-state index contributed by atoms with van der Waals surface area (Å²) >= 11 is 1.75. The molecule has 2 aromatic heterocycles. The molecule has 0 N–H and O–H groups in total. The van der Waals surface area contributed by atoms with Crippen LogP contribution in [-0.4, -0.2) is 60.6 Å². The smallest absolute Gasteiger partial charge is 0.275 e. The van der Waals surface area contributed by atoms with Gasteiger partial charge in [-0.05, 0) is 40.6 Å². The number of likely N-dealkylation sites (tertiary alicyclic amines) is 2. The van der Waals surface area contributed by atoms with Crippen molar-refractivity contribution in [2.75, 3.05) is 39.9 Å². The standard InChI is InChI=1S/C19H25N3O3S/c1-24-10-16-9-21(8-15-2-7-26-12-15)13-19(16)3-5-22(6-4-19)18(23)17-11-25-14-20-17/h2,7,11-12,14,16H,3-6,8-10,13H2,1H3. The summed E-state index contributed by atoms with van der Waals surface area (Å²) in [5, 5.41) is 4.37. The second kappa shape index (κ2) is 7.50. The maximum atomic E-state index is 12.5. The largest absolute Gasteiger partial charge is 0.451 e. The van der Waals surface area contributed by atoms with Crippen molar-refractivity contribution in [3.63, 3.8) is 0 Å². The average Bonchev–Trinajstić information content (AvgIpc) is 3.39. The number of aromatic nitrogens is 1. The molecule has 2 aromatic rings. The molecular formula is C19H25N3O3S. The molecular weight excluding hydrogens is 350 g/mol. The van der Waals surface area contributed by atoms with Crippen LogP contribution in [0.2, 0.25) is 0 Å². The van der Waals surface area contributed by atoms with Crippen molar-refractivity contribution in [3.05, 3.63) is 40.7 Å². The van der Waals surface area contributed by atoms with Gasteiger partial charge in [0.2, 0.25) is 0 Å². The van der Waals surface area contributed by atoms with E-state index in [2.05, 4.69) is 26.7 Å². The Balaban J connectivity index is 1.42. The SMILES string of the molecule is COCC1CN(Cc2ccsc2)CC12CCN(C(=O)c1cocn1)CC2. The molecule has 1 spiro atoms. The van der Waals surface area contributed by atoms with E-state index in [9.17, 15) is 4.79 Å². The van der Waals surface area contributed by atoms with Crippen molar-refractivity contribution >= 4 is 17.2 Å². The zero-order chi connectivity index (χ0) is 18.0. The van der Waals surface area contributed by atoms with Gasteiger partial charge < -0.3 is 14.1 Å². The minimum atomic E-state index is -0.0231. The number of carbonyl (C=O) groups excluding carboxylic acids is 1. The van der Waals surface area contributed by atoms with Gasteiger partial charge in [-0.2, -0.15) is 11.3 Å². The van der Waals surface area contributed by atoms with Gasteiger partial charge in [-0.1, -0.05) is 0 Å². The lowest BCUT2D eigenvalue weighted by Gasteiger charge is -2.42. The molecule has 2 aliphatic rings. The Labute approximate surface area is 157 Å². The van der Waals surface area contributed by atoms with Crippen LogP contribution in [0.3, 0.4) is 0 Å². The quantitative estimate of drug-likeness (QED) is 0.804. The van der Waals surface area contributed by atoms with E-state index in [-0.39, 0.29) is 11.3 Å². The average molecular weight is 375 g/mol. The molecule has 0 aromatic carbocycles. The van der Waals surface area contributed by atoms with E-state index in [0.717, 1.165) is 52.2 Å². The van der Waals surface area contributed by atoms with Gasteiger partial charge in [0.05, 0.1) is 6.61 Å². The second-order valence-electron chi connectivity index (χ2n) is 7.48. The third-order valence-corrected chi connectivity index (χ3v) is 6.67. The molecule has 0 saturated carbocycles. The maximum Gasteiger partial charge on any atom is 0.275 e. The van der Waals surface area contributed by atoms with Gasteiger partial charge in [0, 0.05) is 45.8 Å². The summed E-state index contributed by atoms with van der Waals surface area (Å²) in [4.78, 5) is 21.0. The number of amides is 1. The number of hydrogen-bond donors (Lipinski definition) is 0. The molecule has 2 fully saturated rings. The molecule has 140 valence electrons. The van der Waals surface area contributed by atoms with E-state index >= 15 is 0 Å². The summed E-state index contributed by atoms with van der Waals surface area (Å²) in [5.41, 5.74) is 2.04. The third kappa shape index (κ3) is 3.43. The highest BCUT2D eigenvalue weighted by atomic mass is 32.1. The van der Waals surface area contributed by atoms with Crippen molar-refractivity contribution in [2.45, 2.75) is 19.4 Å². The van der Waals surface area contributed by atoms with Gasteiger partial charge in [-0.15, -0.1) is 0 Å². The highest BCUT2D eigenvalue weighted by Crippen LogP contribution is 2.45. The second-order valence-corrected chi connectivity index (χ2v) is 8.26. The lowest BCUT2D eigenvalue weighted by atomic mass is 9.71. The van der Waals surface area contributed by atoms with Crippen LogP contribution in [0.15, 0.2) is 33.9 Å². The Morgan fingerprint density at radius 1 is 1.46 bits per heavy atom. The van der Waals surface area contributed by atoms with Crippen LogP contribution in [0.4, 0.5) is 0 Å². The first-order chi connectivity index (χ1) is 12.7. The van der Waals surface area contributed by atoms with E-state index < -0.39 is 0 Å². The monoisotopic (exact) mass is 375 g/mol. The molecule has 2 aliphatic heterocycles. The Bertz CT molecular complexity index is 708. The summed E-state index contributed by atoms with van der Waals surface area (Å²) in [5.74, 6) is 0.500. The number of hydrogen-bond acceptors (Lipinski definition) is 6. The summed E-state index contributed by atoms with van der Waals surface area (Å²) in [6.07, 6.45) is 4.78. The van der Waals surface area contributed by atoms with Gasteiger partial charge in [0.25, 0.3) is 5.91 Å². The molecule has 6 nitrogen and oxygen atoms in total. The normalized spacial score (nSPS) is 23.0. The molecule has 0 bridgehead atoms. The Hall–Kier alpha value is -1.70. The van der Waals surface area contributed by atoms with E-state index in [1.807, 2.05) is 4.90 Å². The summed E-state index contributed by atoms with van der Waals surface area (Å²) < 4.78 is 10.5. The van der Waals surface area contributed by atoms with Gasteiger partial charge >= 0.3 is 0 Å². The molecule has 7 heteroatoms. The molecule has 1 unspecified atom stereocenters. The minimum Gasteiger partial charge on any atom is -0.451 e. The van der Waals surface area contributed by atoms with Gasteiger partial charge in [0.15, 0.2) is 12.1 Å². The zero-order valence-corrected chi connectivity index (χ0v) is 15.9. The summed E-state index contributed by atoms with van der Waals surface area (Å²) in [6.45, 7) is 5.50. The van der Waals surface area contributed by atoms with E-state index in [1.54, 1.807) is 18.4 Å². The fourth-order valence-electron chi connectivity index (χ4n) is 4.54. The highest BCUT2D eigenvalue weighted by molar-refractivity contribution is 7.07. The summed E-state index contributed by atoms with van der Waals surface area (Å²) in [6, 6.07) is 2.21. The molecule has 4 heterocycles. The number of ether oxygens (including phenoxy) is 1. The number of nitrogens with zero attached hydrogens (tertiary/aromatic N) is 3. The van der Waals surface area contributed by atoms with Crippen LogP contribution < -0.4 is 0 Å². The predicted molar refractivity (Wildman–Crippen MR) is 99.0 cm³/mol. The van der Waals surface area contributed by atoms with Crippen molar-refractivity contribution in [1.29, 1.82) is 0 Å². The van der Waals surface area contributed by atoms with Crippen LogP contribution in [0.5, 0.6) is 0 Å². The van der Waals surface area contributed by atoms with Crippen molar-refractivity contribution in [1.82, 2.24) is 14.8 Å². The maximum absolute atomic E-state index is 12.5. The molecule has 1 amide bonds. The topological polar surface area (TPSA) is 58.8 Å². The fraction of sp³-hybridized carbons (Fsp3) is 0.579. The van der Waals surface area contributed by atoms with Crippen LogP contribution >= 0.6 is 11.3 Å². The Morgan fingerprint density at radius 2 is 2.31 bits per heavy atom. The van der Waals surface area contributed by atoms with Crippen molar-refractivity contribution < 1.29 is 13.9 Å². The molecule has 4 rings (SSSR count). The van der Waals surface area contributed by atoms with Crippen molar-refractivity contribution in [3.8, 4) is 0 Å². The number of carbonyl (C=O) groups is 1. The number of oxazole rings is 1. The lowest BCUT2D eigenvalue weighted by molar-refractivity contribution is 0.0319. The third-order valence-electron chi connectivity index (χ3n) is 5.94. The van der Waals surface area contributed by atoms with Crippen LogP contribution in [-0.2, 0) is 11.3 Å². The molecule has 0 radical (unpaired) electrons. The Kier molecular flexibility index (Phi) is 5.11. The number of rotatable bonds is 5. The van der Waals surface area contributed by atoms with Gasteiger partial charge in [-0.25, -0.2) is 4.98 Å². The molecule has 2 saturated heterocycles. The first-order valence-corrected chi connectivity index (χ1v) is 10.0. The van der Waals surface area contributed by atoms with Crippen LogP contribution in [0, 0.1) is 11.3 Å². The predicted octanol–water partition coefficient (Wildman–Crippen LogP) is 2.74. The number of methoxy groups -OCH3 is 1. The lowest BCUT2D eigenvalue weighted by Crippen LogP contribution is -2.47. The minimum absolute atomic E-state index is 0.0231. The first-order valence-electron chi connectivity index (χ1n) is 9.10. The van der Waals surface area contributed by atoms with E-state index in [0.29, 0.717) is 11.6 Å². The number of piperidine rings is 1. The van der Waals surface area contributed by atoms with Crippen LogP contribution in [0.1, 0.15) is 28.9 Å². The summed E-state index contributed by atoms with van der Waals surface area (Å²) in [7, 11) is 1.79. The Morgan fingerprint density at radius 3 is 2.96 bits per heavy atom. The van der Waals surface area contributed by atoms with E-state index in [4.69, 9.17) is 9.15 Å². The first kappa shape index (κ1) is 17.7. The fourth-order valence-corrected chi connectivity index (χ4v) is 5.20. The molecule has 1 atom stereocenters. The molecule has 26 heavy (non-hydrogen) atoms. The van der Waals surface area contributed by atoms with E-state index in [1.165, 1.54) is 18.2 Å².